The van der Waals surface area contributed by atoms with Crippen molar-refractivity contribution in [3.05, 3.63) is 29.3 Å². The minimum atomic E-state index is -0.186. The lowest BCUT2D eigenvalue weighted by atomic mass is 10.1. The summed E-state index contributed by atoms with van der Waals surface area (Å²) in [5, 5.41) is 0. The molecule has 0 N–H and O–H groups in total. The summed E-state index contributed by atoms with van der Waals surface area (Å²) < 4.78 is 5.24. The lowest BCUT2D eigenvalue weighted by Crippen LogP contribution is -2.20. The molecule has 0 saturated carbocycles. The molecule has 1 unspecified atom stereocenters. The summed E-state index contributed by atoms with van der Waals surface area (Å²) >= 11 is 1.63. The molecule has 0 fully saturated rings. The number of esters is 1. The highest BCUT2D eigenvalue weighted by Gasteiger charge is 2.25. The van der Waals surface area contributed by atoms with Gasteiger partial charge in [-0.15, -0.1) is 0 Å². The summed E-state index contributed by atoms with van der Waals surface area (Å²) in [6, 6.07) is 5.91. The van der Waals surface area contributed by atoms with Crippen molar-refractivity contribution in [1.29, 1.82) is 0 Å². The fourth-order valence-corrected chi connectivity index (χ4v) is 2.42. The Hall–Kier alpha value is -0.960. The number of fused-ring (bicyclic) bond motifs is 1. The van der Waals surface area contributed by atoms with E-state index in [1.807, 2.05) is 32.0 Å². The van der Waals surface area contributed by atoms with Crippen molar-refractivity contribution in [3.63, 3.8) is 0 Å². The van der Waals surface area contributed by atoms with Crippen LogP contribution in [0.15, 0.2) is 23.1 Å². The van der Waals surface area contributed by atoms with Gasteiger partial charge in [0.25, 0.3) is 0 Å². The molecule has 1 atom stereocenters. The van der Waals surface area contributed by atoms with Crippen LogP contribution >= 0.6 is 11.8 Å². The first-order chi connectivity index (χ1) is 6.70. The van der Waals surface area contributed by atoms with Crippen molar-refractivity contribution in [2.24, 2.45) is 0 Å². The van der Waals surface area contributed by atoms with Crippen molar-refractivity contribution in [2.45, 2.75) is 30.6 Å². The molecule has 1 heterocycles. The van der Waals surface area contributed by atoms with Crippen LogP contribution in [0.25, 0.3) is 0 Å². The zero-order valence-electron chi connectivity index (χ0n) is 8.24. The Morgan fingerprint density at radius 1 is 1.50 bits per heavy atom. The topological polar surface area (TPSA) is 26.3 Å². The number of rotatable bonds is 1. The van der Waals surface area contributed by atoms with E-state index in [-0.39, 0.29) is 11.4 Å². The predicted octanol–water partition coefficient (Wildman–Crippen LogP) is 2.99. The molecule has 1 aromatic rings. The zero-order valence-corrected chi connectivity index (χ0v) is 9.06. The van der Waals surface area contributed by atoms with E-state index in [0.717, 1.165) is 16.9 Å². The molecule has 0 aliphatic carbocycles. The third-order valence-corrected chi connectivity index (χ3v) is 3.49. The Bertz CT molecular complexity index is 374. The Kier molecular flexibility index (Phi) is 2.50. The molecule has 0 bridgehead atoms. The van der Waals surface area contributed by atoms with Crippen LogP contribution in [-0.4, -0.2) is 11.4 Å². The number of hydrogen-bond acceptors (Lipinski definition) is 3. The van der Waals surface area contributed by atoms with Crippen LogP contribution in [0.2, 0.25) is 0 Å². The first kappa shape index (κ1) is 9.59. The molecule has 1 aliphatic rings. The lowest BCUT2D eigenvalue weighted by molar-refractivity contribution is 0.0437. The van der Waals surface area contributed by atoms with Gasteiger partial charge in [-0.2, -0.15) is 0 Å². The number of carbonyl (C=O) groups excluding carboxylic acids is 1. The highest BCUT2D eigenvalue weighted by Crippen LogP contribution is 2.35. The Balaban J connectivity index is 2.40. The molecular weight excluding hydrogens is 196 g/mol. The van der Waals surface area contributed by atoms with Crippen molar-refractivity contribution >= 4 is 17.7 Å². The number of aryl methyl sites for hydroxylation is 1. The lowest BCUT2D eigenvalue weighted by Gasteiger charge is -2.22. The van der Waals surface area contributed by atoms with Crippen LogP contribution in [-0.2, 0) is 4.74 Å². The Morgan fingerprint density at radius 3 is 3.00 bits per heavy atom. The molecule has 0 amide bonds. The number of carbonyl (C=O) groups is 1. The molecule has 0 radical (unpaired) electrons. The number of cyclic esters (lactones) is 1. The van der Waals surface area contributed by atoms with Gasteiger partial charge < -0.3 is 4.74 Å². The van der Waals surface area contributed by atoms with Gasteiger partial charge >= 0.3 is 5.97 Å². The Labute approximate surface area is 87.6 Å². The van der Waals surface area contributed by atoms with Gasteiger partial charge in [0.2, 0.25) is 0 Å². The Morgan fingerprint density at radius 2 is 2.29 bits per heavy atom. The quantitative estimate of drug-likeness (QED) is 0.664. The molecule has 1 aliphatic heterocycles. The molecule has 1 aromatic carbocycles. The number of hydrogen-bond donors (Lipinski definition) is 0. The number of ether oxygens (including phenoxy) is 1. The second kappa shape index (κ2) is 3.65. The van der Waals surface area contributed by atoms with E-state index in [4.69, 9.17) is 4.74 Å². The highest BCUT2D eigenvalue weighted by molar-refractivity contribution is 8.00. The summed E-state index contributed by atoms with van der Waals surface area (Å²) in [4.78, 5) is 12.6. The van der Waals surface area contributed by atoms with Gasteiger partial charge in [0.1, 0.15) is 0 Å². The summed E-state index contributed by atoms with van der Waals surface area (Å²) in [6.07, 6.45) is 0.851. The molecular formula is C11H12O2S. The molecule has 74 valence electrons. The van der Waals surface area contributed by atoms with Gasteiger partial charge in [-0.3, -0.25) is 0 Å². The maximum atomic E-state index is 11.6. The van der Waals surface area contributed by atoms with Gasteiger partial charge in [0, 0.05) is 4.90 Å². The minimum absolute atomic E-state index is 0.0160. The third kappa shape index (κ3) is 1.64. The fourth-order valence-electron chi connectivity index (χ4n) is 1.42. The van der Waals surface area contributed by atoms with Gasteiger partial charge in [0.05, 0.1) is 5.56 Å². The van der Waals surface area contributed by atoms with Crippen LogP contribution in [0, 0.1) is 6.92 Å². The average molecular weight is 208 g/mol. The van der Waals surface area contributed by atoms with Crippen molar-refractivity contribution in [2.75, 3.05) is 0 Å². The molecule has 14 heavy (non-hydrogen) atoms. The van der Waals surface area contributed by atoms with E-state index in [2.05, 4.69) is 0 Å². The maximum absolute atomic E-state index is 11.6. The van der Waals surface area contributed by atoms with Crippen molar-refractivity contribution in [3.8, 4) is 0 Å². The van der Waals surface area contributed by atoms with E-state index >= 15 is 0 Å². The SMILES string of the molecule is CCC1OC(=O)c2cc(C)ccc2S1. The average Bonchev–Trinajstić information content (AvgIpc) is 2.19. The third-order valence-electron chi connectivity index (χ3n) is 2.19. The van der Waals surface area contributed by atoms with E-state index in [1.165, 1.54) is 0 Å². The first-order valence-corrected chi connectivity index (χ1v) is 5.57. The second-order valence-electron chi connectivity index (χ2n) is 3.36. The van der Waals surface area contributed by atoms with Crippen LogP contribution in [0.5, 0.6) is 0 Å². The van der Waals surface area contributed by atoms with Gasteiger partial charge in [-0.25, -0.2) is 4.79 Å². The number of benzene rings is 1. The standard InChI is InChI=1S/C11H12O2S/c1-3-10-13-11(12)8-6-7(2)4-5-9(8)14-10/h4-6,10H,3H2,1-2H3. The van der Waals surface area contributed by atoms with E-state index in [1.54, 1.807) is 11.8 Å². The molecule has 0 aromatic heterocycles. The number of thioether (sulfide) groups is 1. The molecule has 2 rings (SSSR count). The van der Waals surface area contributed by atoms with Gasteiger partial charge in [-0.05, 0) is 25.5 Å². The van der Waals surface area contributed by atoms with Crippen LogP contribution in [0.3, 0.4) is 0 Å². The predicted molar refractivity (Wildman–Crippen MR) is 56.5 cm³/mol. The van der Waals surface area contributed by atoms with Crippen LogP contribution in [0.4, 0.5) is 0 Å². The molecule has 3 heteroatoms. The van der Waals surface area contributed by atoms with Crippen molar-refractivity contribution in [1.82, 2.24) is 0 Å². The minimum Gasteiger partial charge on any atom is -0.447 e. The first-order valence-electron chi connectivity index (χ1n) is 4.69. The molecule has 2 nitrogen and oxygen atoms in total. The summed E-state index contributed by atoms with van der Waals surface area (Å²) in [5.74, 6) is -0.186. The fraction of sp³-hybridized carbons (Fsp3) is 0.364. The summed E-state index contributed by atoms with van der Waals surface area (Å²) in [6.45, 7) is 3.99. The second-order valence-corrected chi connectivity index (χ2v) is 4.56. The smallest absolute Gasteiger partial charge is 0.340 e. The monoisotopic (exact) mass is 208 g/mol. The molecule has 0 saturated heterocycles. The molecule has 0 spiro atoms. The zero-order chi connectivity index (χ0) is 10.1. The van der Waals surface area contributed by atoms with E-state index in [9.17, 15) is 4.79 Å². The summed E-state index contributed by atoms with van der Waals surface area (Å²) in [7, 11) is 0. The highest BCUT2D eigenvalue weighted by atomic mass is 32.2. The van der Waals surface area contributed by atoms with E-state index < -0.39 is 0 Å². The van der Waals surface area contributed by atoms with E-state index in [0.29, 0.717) is 5.56 Å². The summed E-state index contributed by atoms with van der Waals surface area (Å²) in [5.41, 5.74) is 1.79. The van der Waals surface area contributed by atoms with Crippen molar-refractivity contribution < 1.29 is 9.53 Å². The van der Waals surface area contributed by atoms with Crippen LogP contribution < -0.4 is 0 Å². The van der Waals surface area contributed by atoms with Gasteiger partial charge in [0.15, 0.2) is 5.44 Å². The normalized spacial score (nSPS) is 20.1. The van der Waals surface area contributed by atoms with Crippen LogP contribution in [0.1, 0.15) is 29.3 Å². The maximum Gasteiger partial charge on any atom is 0.340 e. The largest absolute Gasteiger partial charge is 0.447 e. The van der Waals surface area contributed by atoms with Gasteiger partial charge in [-0.1, -0.05) is 30.3 Å².